The van der Waals surface area contributed by atoms with Crippen LogP contribution in [0.1, 0.15) is 26.7 Å². The van der Waals surface area contributed by atoms with Gasteiger partial charge in [0.05, 0.1) is 18.9 Å². The van der Waals surface area contributed by atoms with Gasteiger partial charge in [-0.3, -0.25) is 0 Å². The van der Waals surface area contributed by atoms with Gasteiger partial charge in [-0.2, -0.15) is 5.26 Å². The Bertz CT molecular complexity index is 499. The second kappa shape index (κ2) is 6.82. The molecule has 4 heteroatoms. The van der Waals surface area contributed by atoms with Crippen LogP contribution in [0.25, 0.3) is 0 Å². The Morgan fingerprint density at radius 1 is 1.33 bits per heavy atom. The number of piperidine rings is 1. The second-order valence-electron chi connectivity index (χ2n) is 6.21. The standard InChI is InChI=1S/C17H25N3O/c1-14(2)12-20-10-8-17(13-18,9-11-20)19-15-6-4-5-7-16(15)21-3/h4-7,14,19H,8-12H2,1-3H3. The quantitative estimate of drug-likeness (QED) is 0.904. The third-order valence-electron chi connectivity index (χ3n) is 4.03. The number of para-hydroxylation sites is 2. The molecule has 0 saturated carbocycles. The largest absolute Gasteiger partial charge is 0.495 e. The third kappa shape index (κ3) is 3.89. The normalized spacial score (nSPS) is 18.2. The minimum absolute atomic E-state index is 0.484. The summed E-state index contributed by atoms with van der Waals surface area (Å²) in [7, 11) is 1.66. The Kier molecular flexibility index (Phi) is 5.08. The second-order valence-corrected chi connectivity index (χ2v) is 6.21. The van der Waals surface area contributed by atoms with E-state index in [0.717, 1.165) is 43.9 Å². The Morgan fingerprint density at radius 3 is 2.57 bits per heavy atom. The van der Waals surface area contributed by atoms with Crippen LogP contribution < -0.4 is 10.1 Å². The van der Waals surface area contributed by atoms with Crippen LogP contribution in [0.5, 0.6) is 5.75 Å². The van der Waals surface area contributed by atoms with Gasteiger partial charge in [0.2, 0.25) is 0 Å². The molecule has 0 aromatic heterocycles. The zero-order valence-electron chi connectivity index (χ0n) is 13.2. The molecule has 0 spiro atoms. The maximum Gasteiger partial charge on any atom is 0.141 e. The molecule has 1 aromatic rings. The number of hydrogen-bond acceptors (Lipinski definition) is 4. The number of nitrogens with one attached hydrogen (secondary N) is 1. The van der Waals surface area contributed by atoms with Crippen molar-refractivity contribution in [2.75, 3.05) is 32.1 Å². The van der Waals surface area contributed by atoms with Crippen molar-refractivity contribution in [1.82, 2.24) is 4.90 Å². The first-order valence-corrected chi connectivity index (χ1v) is 7.63. The van der Waals surface area contributed by atoms with Crippen LogP contribution in [0, 0.1) is 17.2 Å². The van der Waals surface area contributed by atoms with Crippen LogP contribution in [0.3, 0.4) is 0 Å². The third-order valence-corrected chi connectivity index (χ3v) is 4.03. The van der Waals surface area contributed by atoms with Gasteiger partial charge in [0.15, 0.2) is 0 Å². The van der Waals surface area contributed by atoms with Crippen molar-refractivity contribution in [3.8, 4) is 11.8 Å². The molecule has 1 heterocycles. The van der Waals surface area contributed by atoms with Crippen molar-refractivity contribution in [1.29, 1.82) is 5.26 Å². The summed E-state index contributed by atoms with van der Waals surface area (Å²) >= 11 is 0. The number of methoxy groups -OCH3 is 1. The van der Waals surface area contributed by atoms with Crippen molar-refractivity contribution in [2.45, 2.75) is 32.2 Å². The summed E-state index contributed by atoms with van der Waals surface area (Å²) in [5, 5.41) is 13.1. The summed E-state index contributed by atoms with van der Waals surface area (Å²) in [6.07, 6.45) is 1.68. The van der Waals surface area contributed by atoms with E-state index in [0.29, 0.717) is 5.92 Å². The summed E-state index contributed by atoms with van der Waals surface area (Å²) < 4.78 is 5.37. The first-order valence-electron chi connectivity index (χ1n) is 7.63. The lowest BCUT2D eigenvalue weighted by Crippen LogP contribution is -2.49. The molecule has 0 atom stereocenters. The van der Waals surface area contributed by atoms with Gasteiger partial charge >= 0.3 is 0 Å². The van der Waals surface area contributed by atoms with Crippen LogP contribution in [-0.2, 0) is 0 Å². The van der Waals surface area contributed by atoms with Crippen molar-refractivity contribution in [3.05, 3.63) is 24.3 Å². The van der Waals surface area contributed by atoms with Gasteiger partial charge in [-0.05, 0) is 30.9 Å². The molecule has 1 saturated heterocycles. The molecule has 1 aliphatic heterocycles. The molecule has 21 heavy (non-hydrogen) atoms. The number of anilines is 1. The first-order chi connectivity index (χ1) is 10.1. The number of nitrogens with zero attached hydrogens (tertiary/aromatic N) is 2. The number of nitriles is 1. The minimum atomic E-state index is -0.484. The molecule has 1 aliphatic rings. The zero-order valence-corrected chi connectivity index (χ0v) is 13.2. The van der Waals surface area contributed by atoms with Gasteiger partial charge < -0.3 is 15.0 Å². The highest BCUT2D eigenvalue weighted by molar-refractivity contribution is 5.59. The molecule has 0 amide bonds. The fourth-order valence-electron chi connectivity index (χ4n) is 2.90. The number of likely N-dealkylation sites (tertiary alicyclic amines) is 1. The van der Waals surface area contributed by atoms with Crippen molar-refractivity contribution < 1.29 is 4.74 Å². The summed E-state index contributed by atoms with van der Waals surface area (Å²) in [6, 6.07) is 10.3. The number of rotatable bonds is 5. The van der Waals surface area contributed by atoms with Gasteiger partial charge in [0.25, 0.3) is 0 Å². The van der Waals surface area contributed by atoms with Crippen LogP contribution in [-0.4, -0.2) is 37.2 Å². The van der Waals surface area contributed by atoms with Gasteiger partial charge in [-0.25, -0.2) is 0 Å². The average Bonchev–Trinajstić information content (AvgIpc) is 2.49. The van der Waals surface area contributed by atoms with Crippen molar-refractivity contribution in [3.63, 3.8) is 0 Å². The zero-order chi connectivity index (χ0) is 15.3. The monoisotopic (exact) mass is 287 g/mol. The fourth-order valence-corrected chi connectivity index (χ4v) is 2.90. The average molecular weight is 287 g/mol. The molecule has 1 N–H and O–H groups in total. The highest BCUT2D eigenvalue weighted by Gasteiger charge is 2.35. The Balaban J connectivity index is 2.05. The van der Waals surface area contributed by atoms with E-state index in [1.54, 1.807) is 7.11 Å². The van der Waals surface area contributed by atoms with Crippen LogP contribution in [0.4, 0.5) is 5.69 Å². The molecule has 0 bridgehead atoms. The van der Waals surface area contributed by atoms with E-state index < -0.39 is 5.54 Å². The fraction of sp³-hybridized carbons (Fsp3) is 0.588. The maximum atomic E-state index is 9.66. The molecule has 0 aliphatic carbocycles. The van der Waals surface area contributed by atoms with E-state index in [-0.39, 0.29) is 0 Å². The summed E-state index contributed by atoms with van der Waals surface area (Å²) in [5.41, 5.74) is 0.418. The Labute approximate surface area is 127 Å². The van der Waals surface area contributed by atoms with Crippen LogP contribution in [0.15, 0.2) is 24.3 Å². The van der Waals surface area contributed by atoms with Gasteiger partial charge in [0.1, 0.15) is 11.3 Å². The summed E-state index contributed by atoms with van der Waals surface area (Å²) in [5.74, 6) is 1.46. The van der Waals surface area contributed by atoms with Gasteiger partial charge in [0, 0.05) is 19.6 Å². The molecule has 114 valence electrons. The van der Waals surface area contributed by atoms with Gasteiger partial charge in [-0.1, -0.05) is 26.0 Å². The first kappa shape index (κ1) is 15.7. The van der Waals surface area contributed by atoms with Crippen LogP contribution in [0.2, 0.25) is 0 Å². The molecular formula is C17H25N3O. The maximum absolute atomic E-state index is 9.66. The Morgan fingerprint density at radius 2 is 2.00 bits per heavy atom. The topological polar surface area (TPSA) is 48.3 Å². The van der Waals surface area contributed by atoms with E-state index in [1.807, 2.05) is 24.3 Å². The minimum Gasteiger partial charge on any atom is -0.495 e. The molecule has 2 rings (SSSR count). The SMILES string of the molecule is COc1ccccc1NC1(C#N)CCN(CC(C)C)CC1. The predicted octanol–water partition coefficient (Wildman–Crippen LogP) is 3.12. The van der Waals surface area contributed by atoms with E-state index in [9.17, 15) is 5.26 Å². The van der Waals surface area contributed by atoms with Crippen molar-refractivity contribution >= 4 is 5.69 Å². The highest BCUT2D eigenvalue weighted by Crippen LogP contribution is 2.31. The van der Waals surface area contributed by atoms with E-state index in [2.05, 4.69) is 30.1 Å². The smallest absolute Gasteiger partial charge is 0.141 e. The summed E-state index contributed by atoms with van der Waals surface area (Å²) in [6.45, 7) is 7.51. The number of benzene rings is 1. The molecule has 1 fully saturated rings. The van der Waals surface area contributed by atoms with E-state index in [1.165, 1.54) is 0 Å². The molecule has 1 aromatic carbocycles. The van der Waals surface area contributed by atoms with Crippen molar-refractivity contribution in [2.24, 2.45) is 5.92 Å². The molecule has 0 radical (unpaired) electrons. The molecule has 4 nitrogen and oxygen atoms in total. The Hall–Kier alpha value is -1.73. The number of ether oxygens (including phenoxy) is 1. The lowest BCUT2D eigenvalue weighted by atomic mass is 9.88. The lowest BCUT2D eigenvalue weighted by molar-refractivity contribution is 0.179. The summed E-state index contributed by atoms with van der Waals surface area (Å²) in [4.78, 5) is 2.45. The van der Waals surface area contributed by atoms with Gasteiger partial charge in [-0.15, -0.1) is 0 Å². The molecular weight excluding hydrogens is 262 g/mol. The lowest BCUT2D eigenvalue weighted by Gasteiger charge is -2.39. The molecule has 0 unspecified atom stereocenters. The highest BCUT2D eigenvalue weighted by atomic mass is 16.5. The number of hydrogen-bond donors (Lipinski definition) is 1. The van der Waals surface area contributed by atoms with E-state index in [4.69, 9.17) is 4.74 Å². The van der Waals surface area contributed by atoms with E-state index >= 15 is 0 Å². The van der Waals surface area contributed by atoms with Crippen LogP contribution >= 0.6 is 0 Å². The predicted molar refractivity (Wildman–Crippen MR) is 85.5 cm³/mol.